The fourth-order valence-electron chi connectivity index (χ4n) is 1.64. The molecule has 0 bridgehead atoms. The third-order valence-electron chi connectivity index (χ3n) is 2.51. The first-order valence-electron chi connectivity index (χ1n) is 5.95. The van der Waals surface area contributed by atoms with Gasteiger partial charge in [-0.15, -0.1) is 0 Å². The zero-order valence-electron chi connectivity index (χ0n) is 11.2. The van der Waals surface area contributed by atoms with Gasteiger partial charge in [-0.1, -0.05) is 0 Å². The van der Waals surface area contributed by atoms with Crippen LogP contribution in [0.15, 0.2) is 10.5 Å². The van der Waals surface area contributed by atoms with Gasteiger partial charge < -0.3 is 25.9 Å². The molecule has 1 unspecified atom stereocenters. The molecule has 1 rings (SSSR count). The molecule has 0 spiro atoms. The van der Waals surface area contributed by atoms with Crippen LogP contribution in [0.2, 0.25) is 0 Å². The summed E-state index contributed by atoms with van der Waals surface area (Å²) in [6, 6.07) is 0.468. The average molecular weight is 283 g/mol. The molecule has 0 saturated carbocycles. The highest BCUT2D eigenvalue weighted by Crippen LogP contribution is 2.14. The van der Waals surface area contributed by atoms with Gasteiger partial charge in [0.25, 0.3) is 0 Å². The van der Waals surface area contributed by atoms with E-state index < -0.39 is 17.9 Å². The quantitative estimate of drug-likeness (QED) is 0.597. The number of carbonyl (C=O) groups excluding carboxylic acids is 2. The Labute approximate surface area is 115 Å². The first-order chi connectivity index (χ1) is 9.29. The molecule has 1 aromatic heterocycles. The van der Waals surface area contributed by atoms with Crippen LogP contribution in [0, 0.1) is 6.92 Å². The predicted molar refractivity (Wildman–Crippen MR) is 69.0 cm³/mol. The Balaban J connectivity index is 2.47. The number of nitrogens with one attached hydrogen (secondary N) is 2. The monoisotopic (exact) mass is 283 g/mol. The van der Waals surface area contributed by atoms with E-state index in [2.05, 4.69) is 10.6 Å². The Kier molecular flexibility index (Phi) is 5.13. The van der Waals surface area contributed by atoms with Crippen LogP contribution in [-0.4, -0.2) is 29.1 Å². The molecule has 0 saturated heterocycles. The maximum atomic E-state index is 11.5. The number of carbonyl (C=O) groups is 3. The van der Waals surface area contributed by atoms with E-state index >= 15 is 0 Å². The summed E-state index contributed by atoms with van der Waals surface area (Å²) in [5.74, 6) is -0.989. The van der Waals surface area contributed by atoms with Gasteiger partial charge in [-0.25, -0.2) is 9.59 Å². The SMILES string of the molecule is Cc1oc(CNC(=O)NC(C)CC(N)=O)cc1C(=O)O. The Morgan fingerprint density at radius 3 is 2.60 bits per heavy atom. The van der Waals surface area contributed by atoms with Crippen LogP contribution in [-0.2, 0) is 11.3 Å². The van der Waals surface area contributed by atoms with Crippen LogP contribution in [0.3, 0.4) is 0 Å². The van der Waals surface area contributed by atoms with Crippen LogP contribution < -0.4 is 16.4 Å². The fourth-order valence-corrected chi connectivity index (χ4v) is 1.64. The van der Waals surface area contributed by atoms with E-state index in [9.17, 15) is 14.4 Å². The van der Waals surface area contributed by atoms with Gasteiger partial charge in [-0.2, -0.15) is 0 Å². The molecule has 110 valence electrons. The normalized spacial score (nSPS) is 11.7. The van der Waals surface area contributed by atoms with Crippen LogP contribution in [0.1, 0.15) is 35.2 Å². The molecule has 0 fully saturated rings. The van der Waals surface area contributed by atoms with E-state index in [-0.39, 0.29) is 30.3 Å². The maximum Gasteiger partial charge on any atom is 0.339 e. The number of furan rings is 1. The number of aromatic carboxylic acids is 1. The number of hydrogen-bond donors (Lipinski definition) is 4. The van der Waals surface area contributed by atoms with Crippen molar-refractivity contribution in [3.63, 3.8) is 0 Å². The van der Waals surface area contributed by atoms with Crippen molar-refractivity contribution < 1.29 is 23.9 Å². The van der Waals surface area contributed by atoms with Crippen molar-refractivity contribution in [3.8, 4) is 0 Å². The molecule has 0 aliphatic carbocycles. The number of rotatable bonds is 6. The highest BCUT2D eigenvalue weighted by molar-refractivity contribution is 5.88. The Morgan fingerprint density at radius 2 is 2.10 bits per heavy atom. The number of urea groups is 1. The summed E-state index contributed by atoms with van der Waals surface area (Å²) in [5.41, 5.74) is 5.06. The molecule has 8 nitrogen and oxygen atoms in total. The molecule has 0 aliphatic heterocycles. The van der Waals surface area contributed by atoms with Gasteiger partial charge in [0.1, 0.15) is 17.1 Å². The summed E-state index contributed by atoms with van der Waals surface area (Å²) in [5, 5.41) is 13.9. The number of amides is 3. The van der Waals surface area contributed by atoms with E-state index in [1.165, 1.54) is 13.0 Å². The molecule has 0 aromatic carbocycles. The summed E-state index contributed by atoms with van der Waals surface area (Å²) in [6.07, 6.45) is 0.0381. The summed E-state index contributed by atoms with van der Waals surface area (Å²) in [7, 11) is 0. The molecular weight excluding hydrogens is 266 g/mol. The average Bonchev–Trinajstić information content (AvgIpc) is 2.66. The lowest BCUT2D eigenvalue weighted by molar-refractivity contribution is -0.118. The minimum Gasteiger partial charge on any atom is -0.478 e. The molecule has 0 radical (unpaired) electrons. The van der Waals surface area contributed by atoms with Crippen molar-refractivity contribution in [3.05, 3.63) is 23.2 Å². The third kappa shape index (κ3) is 4.63. The van der Waals surface area contributed by atoms with E-state index in [1.54, 1.807) is 6.92 Å². The summed E-state index contributed by atoms with van der Waals surface area (Å²) in [4.78, 5) is 33.0. The Hall–Kier alpha value is -2.51. The second-order valence-corrected chi connectivity index (χ2v) is 4.39. The molecular formula is C12H17N3O5. The molecule has 0 aliphatic rings. The predicted octanol–water partition coefficient (Wildman–Crippen LogP) is 0.349. The molecule has 8 heteroatoms. The number of carboxylic acid groups (broad SMARTS) is 1. The highest BCUT2D eigenvalue weighted by Gasteiger charge is 2.14. The van der Waals surface area contributed by atoms with Crippen molar-refractivity contribution in [1.82, 2.24) is 10.6 Å². The second-order valence-electron chi connectivity index (χ2n) is 4.39. The smallest absolute Gasteiger partial charge is 0.339 e. The zero-order chi connectivity index (χ0) is 15.3. The number of aryl methyl sites for hydroxylation is 1. The van der Waals surface area contributed by atoms with Crippen LogP contribution in [0.25, 0.3) is 0 Å². The van der Waals surface area contributed by atoms with Gasteiger partial charge in [0.15, 0.2) is 0 Å². The lowest BCUT2D eigenvalue weighted by Crippen LogP contribution is -2.41. The zero-order valence-corrected chi connectivity index (χ0v) is 11.2. The van der Waals surface area contributed by atoms with E-state index in [1.807, 2.05) is 0 Å². The minimum absolute atomic E-state index is 0.0381. The highest BCUT2D eigenvalue weighted by atomic mass is 16.4. The van der Waals surface area contributed by atoms with Crippen molar-refractivity contribution in [1.29, 1.82) is 0 Å². The van der Waals surface area contributed by atoms with Crippen molar-refractivity contribution in [2.75, 3.05) is 0 Å². The van der Waals surface area contributed by atoms with Crippen LogP contribution >= 0.6 is 0 Å². The van der Waals surface area contributed by atoms with Crippen LogP contribution in [0.4, 0.5) is 4.79 Å². The number of nitrogens with two attached hydrogens (primary N) is 1. The number of carboxylic acids is 1. The third-order valence-corrected chi connectivity index (χ3v) is 2.51. The molecule has 20 heavy (non-hydrogen) atoms. The minimum atomic E-state index is -1.09. The van der Waals surface area contributed by atoms with Gasteiger partial charge in [0, 0.05) is 12.5 Å². The van der Waals surface area contributed by atoms with Gasteiger partial charge in [-0.3, -0.25) is 4.79 Å². The van der Waals surface area contributed by atoms with E-state index in [4.69, 9.17) is 15.3 Å². The molecule has 1 heterocycles. The van der Waals surface area contributed by atoms with E-state index in [0.717, 1.165) is 0 Å². The number of hydrogen-bond acceptors (Lipinski definition) is 4. The molecule has 5 N–H and O–H groups in total. The van der Waals surface area contributed by atoms with Crippen molar-refractivity contribution >= 4 is 17.9 Å². The first-order valence-corrected chi connectivity index (χ1v) is 5.95. The second kappa shape index (κ2) is 6.60. The van der Waals surface area contributed by atoms with Gasteiger partial charge >= 0.3 is 12.0 Å². The van der Waals surface area contributed by atoms with Crippen molar-refractivity contribution in [2.45, 2.75) is 32.9 Å². The van der Waals surface area contributed by atoms with Gasteiger partial charge in [0.2, 0.25) is 5.91 Å². The molecule has 1 aromatic rings. The molecule has 1 atom stereocenters. The standard InChI is InChI=1S/C12H17N3O5/c1-6(3-10(13)16)15-12(19)14-5-8-4-9(11(17)18)7(2)20-8/h4,6H,3,5H2,1-2H3,(H2,13,16)(H,17,18)(H2,14,15,19). The lowest BCUT2D eigenvalue weighted by atomic mass is 10.2. The van der Waals surface area contributed by atoms with Gasteiger partial charge in [0.05, 0.1) is 6.54 Å². The summed E-state index contributed by atoms with van der Waals surface area (Å²) >= 11 is 0. The van der Waals surface area contributed by atoms with Crippen molar-refractivity contribution in [2.24, 2.45) is 5.73 Å². The first kappa shape index (κ1) is 15.5. The Bertz CT molecular complexity index is 523. The van der Waals surface area contributed by atoms with E-state index in [0.29, 0.717) is 5.76 Å². The summed E-state index contributed by atoms with van der Waals surface area (Å²) < 4.78 is 5.20. The fraction of sp³-hybridized carbons (Fsp3) is 0.417. The topological polar surface area (TPSA) is 135 Å². The largest absolute Gasteiger partial charge is 0.478 e. The maximum absolute atomic E-state index is 11.5. The molecule has 3 amide bonds. The van der Waals surface area contributed by atoms with Crippen LogP contribution in [0.5, 0.6) is 0 Å². The Morgan fingerprint density at radius 1 is 1.45 bits per heavy atom. The number of primary amides is 1. The van der Waals surface area contributed by atoms with Gasteiger partial charge in [-0.05, 0) is 19.9 Å². The summed E-state index contributed by atoms with van der Waals surface area (Å²) in [6.45, 7) is 3.22. The lowest BCUT2D eigenvalue weighted by Gasteiger charge is -2.12.